The fourth-order valence-corrected chi connectivity index (χ4v) is 4.24. The normalized spacial score (nSPS) is 18.2. The number of hydrogen-bond donors (Lipinski definition) is 1. The third-order valence-electron chi connectivity index (χ3n) is 5.89. The van der Waals surface area contributed by atoms with Gasteiger partial charge in [-0.25, -0.2) is 4.68 Å². The van der Waals surface area contributed by atoms with Crippen molar-refractivity contribution < 1.29 is 9.53 Å². The van der Waals surface area contributed by atoms with Crippen molar-refractivity contribution in [3.63, 3.8) is 0 Å². The molecule has 0 spiro atoms. The average Bonchev–Trinajstić information content (AvgIpc) is 3.17. The fourth-order valence-electron chi connectivity index (χ4n) is 4.24. The molecule has 6 heteroatoms. The monoisotopic (exact) mass is 382 g/mol. The maximum absolute atomic E-state index is 12.9. The van der Waals surface area contributed by atoms with Gasteiger partial charge in [0.05, 0.1) is 12.6 Å². The van der Waals surface area contributed by atoms with Crippen molar-refractivity contribution in [3.05, 3.63) is 46.6 Å². The van der Waals surface area contributed by atoms with E-state index in [1.165, 1.54) is 36.8 Å². The molecule has 2 aliphatic rings. The zero-order valence-corrected chi connectivity index (χ0v) is 16.9. The van der Waals surface area contributed by atoms with Gasteiger partial charge in [-0.1, -0.05) is 42.7 Å². The highest BCUT2D eigenvalue weighted by Crippen LogP contribution is 2.27. The largest absolute Gasteiger partial charge is 0.476 e. The molecule has 1 fully saturated rings. The molecule has 0 bridgehead atoms. The van der Waals surface area contributed by atoms with Gasteiger partial charge in [-0.15, -0.1) is 0 Å². The summed E-state index contributed by atoms with van der Waals surface area (Å²) in [7, 11) is 0. The summed E-state index contributed by atoms with van der Waals surface area (Å²) in [4.78, 5) is 15.4. The molecule has 6 nitrogen and oxygen atoms in total. The third-order valence-corrected chi connectivity index (χ3v) is 5.89. The summed E-state index contributed by atoms with van der Waals surface area (Å²) in [6.07, 6.45) is 5.03. The van der Waals surface area contributed by atoms with E-state index < -0.39 is 0 Å². The Labute approximate surface area is 166 Å². The van der Waals surface area contributed by atoms with Gasteiger partial charge < -0.3 is 10.1 Å². The summed E-state index contributed by atoms with van der Waals surface area (Å²) in [5, 5.41) is 7.59. The quantitative estimate of drug-likeness (QED) is 0.862. The Balaban J connectivity index is 1.50. The highest BCUT2D eigenvalue weighted by atomic mass is 16.5. The van der Waals surface area contributed by atoms with Crippen LogP contribution in [0.5, 0.6) is 5.88 Å². The van der Waals surface area contributed by atoms with Gasteiger partial charge in [0.25, 0.3) is 5.91 Å². The van der Waals surface area contributed by atoms with Crippen molar-refractivity contribution in [2.75, 3.05) is 26.2 Å². The van der Waals surface area contributed by atoms with Crippen molar-refractivity contribution in [2.45, 2.75) is 52.1 Å². The zero-order chi connectivity index (χ0) is 19.5. The maximum Gasteiger partial charge on any atom is 0.272 e. The van der Waals surface area contributed by atoms with Gasteiger partial charge in [0.1, 0.15) is 6.61 Å². The zero-order valence-electron chi connectivity index (χ0n) is 16.9. The number of nitrogens with one attached hydrogen (secondary N) is 1. The number of rotatable bonds is 5. The molecule has 4 rings (SSSR count). The maximum atomic E-state index is 12.9. The molecule has 3 heterocycles. The number of benzene rings is 1. The lowest BCUT2D eigenvalue weighted by molar-refractivity contribution is 0.0926. The number of aromatic nitrogens is 2. The molecule has 1 aromatic heterocycles. The lowest BCUT2D eigenvalue weighted by atomic mass is 10.0. The first-order valence-electron chi connectivity index (χ1n) is 10.4. The summed E-state index contributed by atoms with van der Waals surface area (Å²) in [5.41, 5.74) is 3.83. The Hall–Kier alpha value is -2.34. The van der Waals surface area contributed by atoms with E-state index in [9.17, 15) is 4.79 Å². The van der Waals surface area contributed by atoms with Crippen LogP contribution < -0.4 is 10.1 Å². The molecule has 0 aliphatic carbocycles. The van der Waals surface area contributed by atoms with Gasteiger partial charge in [0.15, 0.2) is 5.69 Å². The Kier molecular flexibility index (Phi) is 5.67. The molecule has 150 valence electrons. The van der Waals surface area contributed by atoms with E-state index in [0.29, 0.717) is 25.4 Å². The minimum atomic E-state index is -0.116. The SMILES string of the molecule is Cc1ccc(C(CNC(=O)c2nn3c(c2C)OCC3)N2CCCCCC2)cc1. The van der Waals surface area contributed by atoms with Crippen LogP contribution in [0.3, 0.4) is 0 Å². The van der Waals surface area contributed by atoms with Gasteiger partial charge in [0, 0.05) is 12.1 Å². The molecule has 1 unspecified atom stereocenters. The molecular weight excluding hydrogens is 352 g/mol. The number of aryl methyl sites for hydroxylation is 1. The van der Waals surface area contributed by atoms with Gasteiger partial charge in [-0.2, -0.15) is 5.10 Å². The highest BCUT2D eigenvalue weighted by molar-refractivity contribution is 5.94. The van der Waals surface area contributed by atoms with E-state index in [2.05, 4.69) is 46.5 Å². The second kappa shape index (κ2) is 8.35. The van der Waals surface area contributed by atoms with Crippen LogP contribution in [0.2, 0.25) is 0 Å². The fraction of sp³-hybridized carbons (Fsp3) is 0.545. The van der Waals surface area contributed by atoms with E-state index >= 15 is 0 Å². The van der Waals surface area contributed by atoms with E-state index in [1.807, 2.05) is 6.92 Å². The summed E-state index contributed by atoms with van der Waals surface area (Å²) < 4.78 is 7.38. The van der Waals surface area contributed by atoms with Gasteiger partial charge in [-0.3, -0.25) is 9.69 Å². The van der Waals surface area contributed by atoms with Gasteiger partial charge in [-0.05, 0) is 45.3 Å². The molecule has 1 amide bonds. The summed E-state index contributed by atoms with van der Waals surface area (Å²) in [5.74, 6) is 0.614. The number of fused-ring (bicyclic) bond motifs is 1. The van der Waals surface area contributed by atoms with Crippen LogP contribution in [0.1, 0.15) is 58.9 Å². The molecule has 2 aliphatic heterocycles. The molecule has 0 radical (unpaired) electrons. The van der Waals surface area contributed by atoms with Crippen molar-refractivity contribution in [3.8, 4) is 5.88 Å². The minimum absolute atomic E-state index is 0.116. The Morgan fingerprint density at radius 1 is 1.11 bits per heavy atom. The smallest absolute Gasteiger partial charge is 0.272 e. The number of carbonyl (C=O) groups excluding carboxylic acids is 1. The van der Waals surface area contributed by atoms with Gasteiger partial charge >= 0.3 is 0 Å². The molecule has 1 N–H and O–H groups in total. The third kappa shape index (κ3) is 3.92. The molecule has 1 atom stereocenters. The average molecular weight is 383 g/mol. The Bertz CT molecular complexity index is 820. The van der Waals surface area contributed by atoms with Crippen LogP contribution in [0, 0.1) is 13.8 Å². The lowest BCUT2D eigenvalue weighted by Crippen LogP contribution is -2.39. The Morgan fingerprint density at radius 3 is 2.50 bits per heavy atom. The molecular formula is C22H30N4O2. The summed E-state index contributed by atoms with van der Waals surface area (Å²) >= 11 is 0. The summed E-state index contributed by atoms with van der Waals surface area (Å²) in [6.45, 7) is 8.11. The second-order valence-corrected chi connectivity index (χ2v) is 7.94. The predicted molar refractivity (Wildman–Crippen MR) is 109 cm³/mol. The first kappa shape index (κ1) is 19.0. The van der Waals surface area contributed by atoms with E-state index in [1.54, 1.807) is 4.68 Å². The van der Waals surface area contributed by atoms with Crippen LogP contribution >= 0.6 is 0 Å². The number of ether oxygens (including phenoxy) is 1. The van der Waals surface area contributed by atoms with Gasteiger partial charge in [0.2, 0.25) is 5.88 Å². The van der Waals surface area contributed by atoms with E-state index in [-0.39, 0.29) is 11.9 Å². The predicted octanol–water partition coefficient (Wildman–Crippen LogP) is 3.24. The standard InChI is InChI=1S/C22H30N4O2/c1-16-7-9-18(10-8-16)19(25-11-5-3-4-6-12-25)15-23-21(27)20-17(2)22-26(24-20)13-14-28-22/h7-10,19H,3-6,11-15H2,1-2H3,(H,23,27). The minimum Gasteiger partial charge on any atom is -0.476 e. The number of carbonyl (C=O) groups is 1. The number of hydrogen-bond acceptors (Lipinski definition) is 4. The molecule has 2 aromatic rings. The first-order chi connectivity index (χ1) is 13.6. The van der Waals surface area contributed by atoms with Crippen molar-refractivity contribution in [1.82, 2.24) is 20.0 Å². The molecule has 1 aromatic carbocycles. The lowest BCUT2D eigenvalue weighted by Gasteiger charge is -2.31. The van der Waals surface area contributed by atoms with Crippen molar-refractivity contribution >= 4 is 5.91 Å². The molecule has 28 heavy (non-hydrogen) atoms. The first-order valence-corrected chi connectivity index (χ1v) is 10.4. The van der Waals surface area contributed by atoms with Crippen LogP contribution in [0.15, 0.2) is 24.3 Å². The number of nitrogens with zero attached hydrogens (tertiary/aromatic N) is 3. The van der Waals surface area contributed by atoms with Crippen LogP contribution in [0.4, 0.5) is 0 Å². The van der Waals surface area contributed by atoms with E-state index in [0.717, 1.165) is 24.5 Å². The number of amides is 1. The molecule has 1 saturated heterocycles. The van der Waals surface area contributed by atoms with E-state index in [4.69, 9.17) is 4.74 Å². The van der Waals surface area contributed by atoms with Crippen LogP contribution in [0.25, 0.3) is 0 Å². The molecule has 0 saturated carbocycles. The van der Waals surface area contributed by atoms with Crippen molar-refractivity contribution in [2.24, 2.45) is 0 Å². The van der Waals surface area contributed by atoms with Crippen LogP contribution in [-0.2, 0) is 6.54 Å². The second-order valence-electron chi connectivity index (χ2n) is 7.94. The topological polar surface area (TPSA) is 59.4 Å². The highest BCUT2D eigenvalue weighted by Gasteiger charge is 2.26. The number of likely N-dealkylation sites (tertiary alicyclic amines) is 1. The Morgan fingerprint density at radius 2 is 1.82 bits per heavy atom. The summed E-state index contributed by atoms with van der Waals surface area (Å²) in [6, 6.07) is 8.89. The van der Waals surface area contributed by atoms with Crippen LogP contribution in [-0.4, -0.2) is 46.8 Å². The van der Waals surface area contributed by atoms with Crippen molar-refractivity contribution in [1.29, 1.82) is 0 Å².